The number of amides is 2. The molecule has 13 heteroatoms. The van der Waals surface area contributed by atoms with E-state index in [1.807, 2.05) is 11.8 Å². The van der Waals surface area contributed by atoms with Crippen LogP contribution in [-0.4, -0.2) is 74.9 Å². The normalized spacial score (nSPS) is 13.6. The molecule has 0 spiro atoms. The Hall–Kier alpha value is -3.90. The fraction of sp³-hybridized carbons (Fsp3) is 0.292. The van der Waals surface area contributed by atoms with E-state index >= 15 is 0 Å². The highest BCUT2D eigenvalue weighted by Gasteiger charge is 2.22. The lowest BCUT2D eigenvalue weighted by Crippen LogP contribution is -2.48. The summed E-state index contributed by atoms with van der Waals surface area (Å²) in [5.41, 5.74) is 2.88. The maximum atomic E-state index is 13.3. The molecule has 2 amide bonds. The van der Waals surface area contributed by atoms with Crippen LogP contribution in [0.5, 0.6) is 5.75 Å². The Kier molecular flexibility index (Phi) is 6.85. The Labute approximate surface area is 221 Å². The van der Waals surface area contributed by atoms with E-state index in [-0.39, 0.29) is 17.0 Å². The lowest BCUT2D eigenvalue weighted by atomic mass is 10.0. The van der Waals surface area contributed by atoms with Gasteiger partial charge in [0.25, 0.3) is 5.91 Å². The number of methoxy groups -OCH3 is 1. The van der Waals surface area contributed by atoms with Crippen LogP contribution in [0.15, 0.2) is 30.7 Å². The van der Waals surface area contributed by atoms with Gasteiger partial charge in [-0.05, 0) is 19.1 Å². The number of aryl methyl sites for hydroxylation is 1. The fourth-order valence-corrected chi connectivity index (χ4v) is 5.03. The van der Waals surface area contributed by atoms with Gasteiger partial charge in [-0.1, -0.05) is 22.9 Å². The van der Waals surface area contributed by atoms with Gasteiger partial charge in [0.05, 0.1) is 25.1 Å². The standard InChI is InChI=1S/C24H23ClN8O3S/c1-13-8-15(16-9-20(25)27-12-19(16)36-3)17(10-26-13)21(35)30-24-29-18-11-28-23(31-22(18)37-24)33-6-4-32(5-7-33)14(2)34/h8-12H,4-7H2,1-3H3,(H,29,30,35). The minimum atomic E-state index is -0.384. The molecule has 5 rings (SSSR count). The first kappa shape index (κ1) is 24.8. The first-order chi connectivity index (χ1) is 17.8. The number of rotatable bonds is 5. The molecular weight excluding hydrogens is 516 g/mol. The Morgan fingerprint density at radius 2 is 1.81 bits per heavy atom. The average molecular weight is 539 g/mol. The van der Waals surface area contributed by atoms with Gasteiger partial charge in [-0.15, -0.1) is 0 Å². The summed E-state index contributed by atoms with van der Waals surface area (Å²) in [5.74, 6) is 0.737. The first-order valence-electron chi connectivity index (χ1n) is 11.4. The van der Waals surface area contributed by atoms with Gasteiger partial charge in [-0.2, -0.15) is 4.98 Å². The van der Waals surface area contributed by atoms with Crippen LogP contribution >= 0.6 is 22.9 Å². The maximum absolute atomic E-state index is 13.3. The van der Waals surface area contributed by atoms with E-state index in [1.165, 1.54) is 30.8 Å². The van der Waals surface area contributed by atoms with Crippen LogP contribution in [0, 0.1) is 6.92 Å². The van der Waals surface area contributed by atoms with Crippen LogP contribution in [0.4, 0.5) is 11.1 Å². The third-order valence-corrected chi connectivity index (χ3v) is 7.08. The van der Waals surface area contributed by atoms with Crippen molar-refractivity contribution in [2.45, 2.75) is 13.8 Å². The molecule has 4 aromatic rings. The number of carbonyl (C=O) groups is 2. The van der Waals surface area contributed by atoms with Crippen LogP contribution in [0.1, 0.15) is 23.0 Å². The predicted octanol–water partition coefficient (Wildman–Crippen LogP) is 3.43. The molecule has 0 saturated carbocycles. The zero-order valence-electron chi connectivity index (χ0n) is 20.4. The molecule has 0 unspecified atom stereocenters. The Balaban J connectivity index is 1.40. The van der Waals surface area contributed by atoms with E-state index in [1.54, 1.807) is 30.2 Å². The molecule has 0 atom stereocenters. The van der Waals surface area contributed by atoms with Gasteiger partial charge in [0.2, 0.25) is 11.9 Å². The van der Waals surface area contributed by atoms with Gasteiger partial charge >= 0.3 is 0 Å². The van der Waals surface area contributed by atoms with Crippen LogP contribution in [0.25, 0.3) is 21.5 Å². The number of hydrogen-bond donors (Lipinski definition) is 1. The number of ether oxygens (including phenoxy) is 1. The van der Waals surface area contributed by atoms with E-state index in [4.69, 9.17) is 16.3 Å². The van der Waals surface area contributed by atoms with Crippen molar-refractivity contribution >= 4 is 56.2 Å². The van der Waals surface area contributed by atoms with Crippen LogP contribution < -0.4 is 15.0 Å². The van der Waals surface area contributed by atoms with Crippen molar-refractivity contribution in [3.8, 4) is 16.9 Å². The molecule has 0 aliphatic carbocycles. The summed E-state index contributed by atoms with van der Waals surface area (Å²) in [5, 5.41) is 3.53. The summed E-state index contributed by atoms with van der Waals surface area (Å²) in [6.45, 7) is 5.97. The van der Waals surface area contributed by atoms with Crippen molar-refractivity contribution in [1.29, 1.82) is 0 Å². The zero-order chi connectivity index (χ0) is 26.1. The monoisotopic (exact) mass is 538 g/mol. The lowest BCUT2D eigenvalue weighted by Gasteiger charge is -2.34. The zero-order valence-corrected chi connectivity index (χ0v) is 21.9. The molecule has 1 fully saturated rings. The number of piperazine rings is 1. The van der Waals surface area contributed by atoms with Gasteiger partial charge in [0, 0.05) is 56.1 Å². The molecule has 0 bridgehead atoms. The minimum absolute atomic E-state index is 0.0660. The second-order valence-electron chi connectivity index (χ2n) is 8.41. The number of thiazole rings is 1. The van der Waals surface area contributed by atoms with Crippen LogP contribution in [-0.2, 0) is 4.79 Å². The molecule has 1 aliphatic heterocycles. The highest BCUT2D eigenvalue weighted by Crippen LogP contribution is 2.34. The SMILES string of the molecule is COc1cnc(Cl)cc1-c1cc(C)ncc1C(=O)Nc1nc2cnc(N3CCN(C(C)=O)CC3)nc2s1. The van der Waals surface area contributed by atoms with E-state index in [2.05, 4.69) is 30.2 Å². The smallest absolute Gasteiger partial charge is 0.259 e. The van der Waals surface area contributed by atoms with Crippen molar-refractivity contribution in [1.82, 2.24) is 29.8 Å². The number of carbonyl (C=O) groups excluding carboxylic acids is 2. The molecule has 37 heavy (non-hydrogen) atoms. The predicted molar refractivity (Wildman–Crippen MR) is 141 cm³/mol. The minimum Gasteiger partial charge on any atom is -0.494 e. The number of nitrogens with one attached hydrogen (secondary N) is 1. The second kappa shape index (κ2) is 10.2. The summed E-state index contributed by atoms with van der Waals surface area (Å²) in [4.78, 5) is 51.4. The third kappa shape index (κ3) is 5.16. The summed E-state index contributed by atoms with van der Waals surface area (Å²) in [6.07, 6.45) is 4.67. The van der Waals surface area contributed by atoms with Crippen molar-refractivity contribution in [3.63, 3.8) is 0 Å². The molecule has 190 valence electrons. The number of pyridine rings is 2. The summed E-state index contributed by atoms with van der Waals surface area (Å²) in [6, 6.07) is 3.45. The molecule has 11 nitrogen and oxygen atoms in total. The molecule has 0 aromatic carbocycles. The maximum Gasteiger partial charge on any atom is 0.259 e. The fourth-order valence-electron chi connectivity index (χ4n) is 4.07. The van der Waals surface area contributed by atoms with Crippen molar-refractivity contribution in [2.75, 3.05) is 43.5 Å². The van der Waals surface area contributed by atoms with Gasteiger partial charge in [-0.3, -0.25) is 19.9 Å². The first-order valence-corrected chi connectivity index (χ1v) is 12.6. The summed E-state index contributed by atoms with van der Waals surface area (Å²) >= 11 is 7.39. The number of fused-ring (bicyclic) bond motifs is 1. The van der Waals surface area contributed by atoms with Crippen LogP contribution in [0.2, 0.25) is 5.15 Å². The molecule has 0 radical (unpaired) electrons. The number of aromatic nitrogens is 5. The molecular formula is C24H23ClN8O3S. The highest BCUT2D eigenvalue weighted by molar-refractivity contribution is 7.22. The van der Waals surface area contributed by atoms with Crippen LogP contribution in [0.3, 0.4) is 0 Å². The van der Waals surface area contributed by atoms with E-state index < -0.39 is 0 Å². The van der Waals surface area contributed by atoms with E-state index in [0.29, 0.717) is 70.0 Å². The molecule has 4 aromatic heterocycles. The number of halogens is 1. The average Bonchev–Trinajstić information content (AvgIpc) is 3.30. The lowest BCUT2D eigenvalue weighted by molar-refractivity contribution is -0.129. The molecule has 1 aliphatic rings. The van der Waals surface area contributed by atoms with Crippen molar-refractivity contribution < 1.29 is 14.3 Å². The van der Waals surface area contributed by atoms with Crippen molar-refractivity contribution in [3.05, 3.63) is 47.1 Å². The largest absolute Gasteiger partial charge is 0.494 e. The topological polar surface area (TPSA) is 126 Å². The number of hydrogen-bond acceptors (Lipinski definition) is 10. The van der Waals surface area contributed by atoms with Gasteiger partial charge in [0.1, 0.15) is 16.4 Å². The highest BCUT2D eigenvalue weighted by atomic mass is 35.5. The molecule has 1 saturated heterocycles. The second-order valence-corrected chi connectivity index (χ2v) is 9.77. The molecule has 5 heterocycles. The quantitative estimate of drug-likeness (QED) is 0.380. The Bertz CT molecular complexity index is 1500. The Morgan fingerprint density at radius 3 is 2.54 bits per heavy atom. The van der Waals surface area contributed by atoms with Gasteiger partial charge < -0.3 is 14.5 Å². The van der Waals surface area contributed by atoms with E-state index in [9.17, 15) is 9.59 Å². The third-order valence-electron chi connectivity index (χ3n) is 6.00. The Morgan fingerprint density at radius 1 is 1.03 bits per heavy atom. The van der Waals surface area contributed by atoms with Gasteiger partial charge in [0.15, 0.2) is 9.96 Å². The van der Waals surface area contributed by atoms with Gasteiger partial charge in [-0.25, -0.2) is 15.0 Å². The number of anilines is 2. The van der Waals surface area contributed by atoms with E-state index in [0.717, 1.165) is 5.69 Å². The summed E-state index contributed by atoms with van der Waals surface area (Å²) < 4.78 is 5.44. The summed E-state index contributed by atoms with van der Waals surface area (Å²) in [7, 11) is 1.53. The molecule has 1 N–H and O–H groups in total. The number of nitrogens with zero attached hydrogens (tertiary/aromatic N) is 7. The van der Waals surface area contributed by atoms with Crippen molar-refractivity contribution in [2.24, 2.45) is 0 Å².